The van der Waals surface area contributed by atoms with Crippen LogP contribution >= 0.6 is 11.8 Å². The zero-order valence-corrected chi connectivity index (χ0v) is 7.10. The maximum absolute atomic E-state index is 5.85. The minimum atomic E-state index is 0.342. The monoisotopic (exact) mass is 161 g/mol. The van der Waals surface area contributed by atoms with Gasteiger partial charge in [-0.1, -0.05) is 0 Å². The Labute approximate surface area is 66.1 Å². The van der Waals surface area contributed by atoms with E-state index in [-0.39, 0.29) is 0 Å². The first-order chi connectivity index (χ1) is 4.74. The van der Waals surface area contributed by atoms with Crippen LogP contribution in [0.1, 0.15) is 6.42 Å². The Kier molecular flexibility index (Phi) is 2.97. The summed E-state index contributed by atoms with van der Waals surface area (Å²) in [5.74, 6) is 5.63. The average molecular weight is 161 g/mol. The second-order valence-corrected chi connectivity index (χ2v) is 3.80. The van der Waals surface area contributed by atoms with Crippen LogP contribution in [-0.2, 0) is 0 Å². The van der Waals surface area contributed by atoms with E-state index >= 15 is 0 Å². The van der Waals surface area contributed by atoms with Gasteiger partial charge >= 0.3 is 0 Å². The molecular weight excluding hydrogens is 146 g/mol. The second kappa shape index (κ2) is 3.57. The van der Waals surface area contributed by atoms with E-state index in [9.17, 15) is 0 Å². The fraction of sp³-hybridized carbons (Fsp3) is 1.00. The van der Waals surface area contributed by atoms with Gasteiger partial charge < -0.3 is 5.73 Å². The first kappa shape index (κ1) is 8.33. The zero-order valence-electron chi connectivity index (χ0n) is 6.29. The highest BCUT2D eigenvalue weighted by Gasteiger charge is 2.23. The molecular formula is C6H15N3S. The zero-order chi connectivity index (χ0) is 7.56. The predicted octanol–water partition coefficient (Wildman–Crippen LogP) is -0.375. The minimum Gasteiger partial charge on any atom is -0.327 e. The third-order valence-corrected chi connectivity index (χ3v) is 3.05. The van der Waals surface area contributed by atoms with Crippen molar-refractivity contribution in [2.45, 2.75) is 17.7 Å². The second-order valence-electron chi connectivity index (χ2n) is 2.72. The molecule has 1 rings (SSSR count). The van der Waals surface area contributed by atoms with Gasteiger partial charge in [0.2, 0.25) is 0 Å². The van der Waals surface area contributed by atoms with E-state index in [1.54, 1.807) is 0 Å². The standard InChI is InChI=1S/C6H15N3S/c1-10-6-4-9(8)3-2-5(6)7/h5-6H,2-4,7-8H2,1H3. The molecule has 60 valence electrons. The highest BCUT2D eigenvalue weighted by molar-refractivity contribution is 7.99. The van der Waals surface area contributed by atoms with Gasteiger partial charge in [0.05, 0.1) is 0 Å². The van der Waals surface area contributed by atoms with Crippen molar-refractivity contribution in [2.24, 2.45) is 11.6 Å². The average Bonchev–Trinajstić information content (AvgIpc) is 1.94. The molecule has 0 aliphatic carbocycles. The Balaban J connectivity index is 2.38. The van der Waals surface area contributed by atoms with Crippen LogP contribution in [0.3, 0.4) is 0 Å². The topological polar surface area (TPSA) is 55.3 Å². The molecule has 0 radical (unpaired) electrons. The molecule has 1 heterocycles. The number of nitrogens with zero attached hydrogens (tertiary/aromatic N) is 1. The van der Waals surface area contributed by atoms with Crippen molar-refractivity contribution in [3.05, 3.63) is 0 Å². The molecule has 3 nitrogen and oxygen atoms in total. The van der Waals surface area contributed by atoms with E-state index in [0.717, 1.165) is 19.5 Å². The molecule has 0 aromatic carbocycles. The summed E-state index contributed by atoms with van der Waals surface area (Å²) in [7, 11) is 0. The van der Waals surface area contributed by atoms with E-state index in [0.29, 0.717) is 11.3 Å². The molecule has 1 aliphatic heterocycles. The van der Waals surface area contributed by atoms with Gasteiger partial charge in [0.25, 0.3) is 0 Å². The van der Waals surface area contributed by atoms with Gasteiger partial charge in [0.1, 0.15) is 0 Å². The maximum atomic E-state index is 5.85. The Morgan fingerprint density at radius 3 is 2.80 bits per heavy atom. The highest BCUT2D eigenvalue weighted by Crippen LogP contribution is 2.17. The van der Waals surface area contributed by atoms with E-state index in [1.807, 2.05) is 16.8 Å². The molecule has 4 heteroatoms. The van der Waals surface area contributed by atoms with E-state index in [2.05, 4.69) is 6.26 Å². The van der Waals surface area contributed by atoms with Crippen LogP contribution in [0.15, 0.2) is 0 Å². The lowest BCUT2D eigenvalue weighted by molar-refractivity contribution is 0.224. The van der Waals surface area contributed by atoms with Crippen molar-refractivity contribution < 1.29 is 0 Å². The molecule has 1 saturated heterocycles. The van der Waals surface area contributed by atoms with Crippen molar-refractivity contribution in [3.63, 3.8) is 0 Å². The third kappa shape index (κ3) is 1.85. The molecule has 4 N–H and O–H groups in total. The summed E-state index contributed by atoms with van der Waals surface area (Å²) < 4.78 is 0. The number of nitrogens with two attached hydrogens (primary N) is 2. The van der Waals surface area contributed by atoms with Crippen LogP contribution in [0.5, 0.6) is 0 Å². The lowest BCUT2D eigenvalue weighted by Crippen LogP contribution is -2.51. The van der Waals surface area contributed by atoms with Gasteiger partial charge in [-0.3, -0.25) is 5.84 Å². The summed E-state index contributed by atoms with van der Waals surface area (Å²) in [6.45, 7) is 1.88. The quantitative estimate of drug-likeness (QED) is 0.515. The van der Waals surface area contributed by atoms with Crippen molar-refractivity contribution in [1.82, 2.24) is 5.01 Å². The molecule has 2 unspecified atom stereocenters. The fourth-order valence-corrected chi connectivity index (χ4v) is 2.03. The lowest BCUT2D eigenvalue weighted by Gasteiger charge is -2.32. The summed E-state index contributed by atoms with van der Waals surface area (Å²) in [6, 6.07) is 0.342. The molecule has 1 fully saturated rings. The molecule has 2 atom stereocenters. The first-order valence-electron chi connectivity index (χ1n) is 3.52. The van der Waals surface area contributed by atoms with Crippen molar-refractivity contribution >= 4 is 11.8 Å². The Morgan fingerprint density at radius 2 is 2.30 bits per heavy atom. The summed E-state index contributed by atoms with van der Waals surface area (Å²) in [5, 5.41) is 2.38. The smallest absolute Gasteiger partial charge is 0.0337 e. The van der Waals surface area contributed by atoms with Gasteiger partial charge in [0, 0.05) is 24.4 Å². The Hall–Kier alpha value is 0.230. The van der Waals surface area contributed by atoms with Gasteiger partial charge in [-0.15, -0.1) is 0 Å². The molecule has 0 spiro atoms. The van der Waals surface area contributed by atoms with E-state index < -0.39 is 0 Å². The van der Waals surface area contributed by atoms with E-state index in [4.69, 9.17) is 11.6 Å². The predicted molar refractivity (Wildman–Crippen MR) is 45.7 cm³/mol. The molecule has 0 amide bonds. The number of thioether (sulfide) groups is 1. The fourth-order valence-electron chi connectivity index (χ4n) is 1.21. The molecule has 10 heavy (non-hydrogen) atoms. The summed E-state index contributed by atoms with van der Waals surface area (Å²) >= 11 is 1.81. The molecule has 0 bridgehead atoms. The number of piperidine rings is 1. The summed E-state index contributed by atoms with van der Waals surface area (Å²) in [6.07, 6.45) is 3.12. The van der Waals surface area contributed by atoms with Gasteiger partial charge in [-0.2, -0.15) is 11.8 Å². The van der Waals surface area contributed by atoms with Gasteiger partial charge in [0.15, 0.2) is 0 Å². The lowest BCUT2D eigenvalue weighted by atomic mass is 10.1. The van der Waals surface area contributed by atoms with Crippen LogP contribution < -0.4 is 11.6 Å². The number of hydrogen-bond acceptors (Lipinski definition) is 4. The van der Waals surface area contributed by atoms with Crippen molar-refractivity contribution in [1.29, 1.82) is 0 Å². The molecule has 0 saturated carbocycles. The molecule has 0 aromatic heterocycles. The summed E-state index contributed by atoms with van der Waals surface area (Å²) in [4.78, 5) is 0. The third-order valence-electron chi connectivity index (χ3n) is 1.94. The van der Waals surface area contributed by atoms with Crippen LogP contribution in [0.25, 0.3) is 0 Å². The molecule has 1 aliphatic rings. The van der Waals surface area contributed by atoms with Crippen LogP contribution in [0.2, 0.25) is 0 Å². The highest BCUT2D eigenvalue weighted by atomic mass is 32.2. The van der Waals surface area contributed by atoms with Crippen molar-refractivity contribution in [3.8, 4) is 0 Å². The maximum Gasteiger partial charge on any atom is 0.0337 e. The Bertz CT molecular complexity index is 109. The van der Waals surface area contributed by atoms with Gasteiger partial charge in [-0.25, -0.2) is 5.01 Å². The largest absolute Gasteiger partial charge is 0.327 e. The summed E-state index contributed by atoms with van der Waals surface area (Å²) in [5.41, 5.74) is 5.85. The first-order valence-corrected chi connectivity index (χ1v) is 4.81. The normalized spacial score (nSPS) is 36.3. The van der Waals surface area contributed by atoms with Crippen LogP contribution in [0.4, 0.5) is 0 Å². The number of hydrogen-bond donors (Lipinski definition) is 2. The van der Waals surface area contributed by atoms with Crippen LogP contribution in [0, 0.1) is 0 Å². The van der Waals surface area contributed by atoms with Crippen LogP contribution in [-0.4, -0.2) is 35.6 Å². The number of rotatable bonds is 1. The molecule has 0 aromatic rings. The SMILES string of the molecule is CSC1CN(N)CCC1N. The minimum absolute atomic E-state index is 0.342. The number of hydrazine groups is 1. The Morgan fingerprint density at radius 1 is 1.60 bits per heavy atom. The van der Waals surface area contributed by atoms with Crippen molar-refractivity contribution in [2.75, 3.05) is 19.3 Å². The van der Waals surface area contributed by atoms with Gasteiger partial charge in [-0.05, 0) is 12.7 Å². The van der Waals surface area contributed by atoms with E-state index in [1.165, 1.54) is 0 Å².